The van der Waals surface area contributed by atoms with Crippen molar-refractivity contribution < 1.29 is 14.3 Å². The quantitative estimate of drug-likeness (QED) is 0.701. The summed E-state index contributed by atoms with van der Waals surface area (Å²) >= 11 is 0. The lowest BCUT2D eigenvalue weighted by Gasteiger charge is -2.22. The van der Waals surface area contributed by atoms with Crippen molar-refractivity contribution in [3.8, 4) is 0 Å². The second-order valence-electron chi connectivity index (χ2n) is 5.60. The van der Waals surface area contributed by atoms with Gasteiger partial charge in [-0.3, -0.25) is 9.59 Å². The van der Waals surface area contributed by atoms with Gasteiger partial charge < -0.3 is 9.64 Å². The Morgan fingerprint density at radius 1 is 0.875 bits per heavy atom. The molecule has 0 spiro atoms. The van der Waals surface area contributed by atoms with E-state index in [1.54, 1.807) is 4.90 Å². The van der Waals surface area contributed by atoms with Crippen LogP contribution in [-0.4, -0.2) is 37.0 Å². The molecule has 0 radical (unpaired) electrons. The van der Waals surface area contributed by atoms with E-state index < -0.39 is 0 Å². The predicted octanol–water partition coefficient (Wildman–Crippen LogP) is 2.86. The number of ether oxygens (including phenoxy) is 1. The minimum Gasteiger partial charge on any atom is -0.469 e. The Balaban J connectivity index is 1.98. The highest BCUT2D eigenvalue weighted by Crippen LogP contribution is 2.07. The van der Waals surface area contributed by atoms with E-state index in [1.165, 1.54) is 12.7 Å². The summed E-state index contributed by atoms with van der Waals surface area (Å²) in [5, 5.41) is 0. The van der Waals surface area contributed by atoms with Crippen molar-refractivity contribution in [1.82, 2.24) is 4.90 Å². The molecule has 2 aromatic rings. The monoisotopic (exact) mass is 325 g/mol. The third kappa shape index (κ3) is 5.88. The summed E-state index contributed by atoms with van der Waals surface area (Å²) in [7, 11) is 1.36. The van der Waals surface area contributed by atoms with E-state index in [0.717, 1.165) is 12.0 Å². The molecule has 2 aromatic carbocycles. The van der Waals surface area contributed by atoms with Gasteiger partial charge in [0, 0.05) is 13.1 Å². The lowest BCUT2D eigenvalue weighted by Crippen LogP contribution is -2.36. The minimum atomic E-state index is -0.299. The summed E-state index contributed by atoms with van der Waals surface area (Å²) in [6.07, 6.45) is 1.32. The summed E-state index contributed by atoms with van der Waals surface area (Å²) < 4.78 is 4.68. The van der Waals surface area contributed by atoms with E-state index in [9.17, 15) is 9.59 Å². The van der Waals surface area contributed by atoms with Gasteiger partial charge in [-0.05, 0) is 17.5 Å². The van der Waals surface area contributed by atoms with Crippen LogP contribution in [0.3, 0.4) is 0 Å². The summed E-state index contributed by atoms with van der Waals surface area (Å²) in [5.74, 6) is -0.270. The van der Waals surface area contributed by atoms with Crippen molar-refractivity contribution in [3.63, 3.8) is 0 Å². The number of esters is 1. The van der Waals surface area contributed by atoms with Crippen LogP contribution in [0.1, 0.15) is 17.5 Å². The largest absolute Gasteiger partial charge is 0.469 e. The summed E-state index contributed by atoms with van der Waals surface area (Å²) in [4.78, 5) is 25.8. The molecular formula is C20H23NO3. The van der Waals surface area contributed by atoms with Gasteiger partial charge >= 0.3 is 5.97 Å². The molecule has 4 heteroatoms. The van der Waals surface area contributed by atoms with Gasteiger partial charge in [0.25, 0.3) is 0 Å². The molecule has 0 unspecified atom stereocenters. The van der Waals surface area contributed by atoms with Gasteiger partial charge in [0.15, 0.2) is 0 Å². The average molecular weight is 325 g/mol. The molecule has 0 bridgehead atoms. The van der Waals surface area contributed by atoms with Crippen LogP contribution < -0.4 is 0 Å². The average Bonchev–Trinajstić information content (AvgIpc) is 2.63. The number of hydrogen-bond donors (Lipinski definition) is 0. The Bertz CT molecular complexity index is 640. The lowest BCUT2D eigenvalue weighted by atomic mass is 10.1. The first-order valence-electron chi connectivity index (χ1n) is 8.11. The van der Waals surface area contributed by atoms with Crippen LogP contribution in [0, 0.1) is 0 Å². The van der Waals surface area contributed by atoms with Crippen molar-refractivity contribution in [2.45, 2.75) is 19.3 Å². The molecule has 0 aliphatic rings. The van der Waals surface area contributed by atoms with Crippen LogP contribution in [0.4, 0.5) is 0 Å². The van der Waals surface area contributed by atoms with Gasteiger partial charge in [-0.25, -0.2) is 0 Å². The van der Waals surface area contributed by atoms with E-state index in [0.29, 0.717) is 19.5 Å². The minimum absolute atomic E-state index is 0.0287. The highest BCUT2D eigenvalue weighted by Gasteiger charge is 2.15. The maximum atomic E-state index is 12.6. The number of rotatable bonds is 8. The zero-order valence-corrected chi connectivity index (χ0v) is 14.0. The number of nitrogens with zero attached hydrogens (tertiary/aromatic N) is 1. The molecule has 4 nitrogen and oxygen atoms in total. The van der Waals surface area contributed by atoms with Crippen LogP contribution in [0.2, 0.25) is 0 Å². The van der Waals surface area contributed by atoms with Gasteiger partial charge in [0.1, 0.15) is 0 Å². The van der Waals surface area contributed by atoms with Gasteiger partial charge in [0.2, 0.25) is 5.91 Å². The number of methoxy groups -OCH3 is 1. The fourth-order valence-corrected chi connectivity index (χ4v) is 2.48. The van der Waals surface area contributed by atoms with Crippen LogP contribution in [0.25, 0.3) is 0 Å². The fourth-order valence-electron chi connectivity index (χ4n) is 2.48. The molecule has 0 aliphatic heterocycles. The van der Waals surface area contributed by atoms with Crippen LogP contribution in [-0.2, 0) is 27.2 Å². The molecule has 0 aromatic heterocycles. The summed E-state index contributed by atoms with van der Waals surface area (Å²) in [5.41, 5.74) is 2.15. The Kier molecular flexibility index (Phi) is 7.02. The number of carbonyl (C=O) groups excluding carboxylic acids is 2. The molecule has 0 saturated carbocycles. The molecule has 0 N–H and O–H groups in total. The van der Waals surface area contributed by atoms with E-state index in [2.05, 4.69) is 4.74 Å². The van der Waals surface area contributed by atoms with Crippen LogP contribution in [0.15, 0.2) is 60.7 Å². The van der Waals surface area contributed by atoms with E-state index in [-0.39, 0.29) is 18.3 Å². The highest BCUT2D eigenvalue weighted by atomic mass is 16.5. The van der Waals surface area contributed by atoms with Crippen molar-refractivity contribution in [2.75, 3.05) is 20.2 Å². The molecule has 0 aliphatic carbocycles. The van der Waals surface area contributed by atoms with Crippen molar-refractivity contribution >= 4 is 11.9 Å². The maximum absolute atomic E-state index is 12.6. The van der Waals surface area contributed by atoms with E-state index in [1.807, 2.05) is 60.7 Å². The standard InChI is InChI=1S/C20H23NO3/c1-24-20(23)13-15-21(14-12-17-8-4-2-5-9-17)19(22)16-18-10-6-3-7-11-18/h2-11H,12-16H2,1H3. The molecule has 0 heterocycles. The molecule has 24 heavy (non-hydrogen) atoms. The third-order valence-electron chi connectivity index (χ3n) is 3.88. The molecule has 0 saturated heterocycles. The Hall–Kier alpha value is -2.62. The number of benzene rings is 2. The third-order valence-corrected chi connectivity index (χ3v) is 3.88. The lowest BCUT2D eigenvalue weighted by molar-refractivity contribution is -0.141. The predicted molar refractivity (Wildman–Crippen MR) is 93.5 cm³/mol. The maximum Gasteiger partial charge on any atom is 0.307 e. The molecule has 0 fully saturated rings. The molecular weight excluding hydrogens is 302 g/mol. The van der Waals surface area contributed by atoms with Crippen molar-refractivity contribution in [2.24, 2.45) is 0 Å². The van der Waals surface area contributed by atoms with E-state index >= 15 is 0 Å². The van der Waals surface area contributed by atoms with Crippen molar-refractivity contribution in [1.29, 1.82) is 0 Å². The molecule has 0 atom stereocenters. The first-order valence-corrected chi connectivity index (χ1v) is 8.11. The Morgan fingerprint density at radius 2 is 1.46 bits per heavy atom. The SMILES string of the molecule is COC(=O)CCN(CCc1ccccc1)C(=O)Cc1ccccc1. The van der Waals surface area contributed by atoms with Gasteiger partial charge in [0.05, 0.1) is 20.0 Å². The van der Waals surface area contributed by atoms with Crippen LogP contribution >= 0.6 is 0 Å². The topological polar surface area (TPSA) is 46.6 Å². The summed E-state index contributed by atoms with van der Waals surface area (Å²) in [6.45, 7) is 0.970. The second kappa shape index (κ2) is 9.50. The normalized spacial score (nSPS) is 10.2. The van der Waals surface area contributed by atoms with Crippen LogP contribution in [0.5, 0.6) is 0 Å². The molecule has 126 valence electrons. The van der Waals surface area contributed by atoms with Crippen molar-refractivity contribution in [3.05, 3.63) is 71.8 Å². The number of carbonyl (C=O) groups is 2. The Labute approximate surface area is 143 Å². The first kappa shape index (κ1) is 17.7. The summed E-state index contributed by atoms with van der Waals surface area (Å²) in [6, 6.07) is 19.7. The smallest absolute Gasteiger partial charge is 0.307 e. The zero-order valence-electron chi connectivity index (χ0n) is 14.0. The first-order chi connectivity index (χ1) is 11.7. The number of hydrogen-bond acceptors (Lipinski definition) is 3. The highest BCUT2D eigenvalue weighted by molar-refractivity contribution is 5.79. The number of amides is 1. The second-order valence-corrected chi connectivity index (χ2v) is 5.60. The molecule has 2 rings (SSSR count). The zero-order chi connectivity index (χ0) is 17.2. The fraction of sp³-hybridized carbons (Fsp3) is 0.300. The molecule has 1 amide bonds. The van der Waals surface area contributed by atoms with E-state index in [4.69, 9.17) is 0 Å². The van der Waals surface area contributed by atoms with Gasteiger partial charge in [-0.1, -0.05) is 60.7 Å². The Morgan fingerprint density at radius 3 is 2.04 bits per heavy atom. The van der Waals surface area contributed by atoms with Gasteiger partial charge in [-0.2, -0.15) is 0 Å². The van der Waals surface area contributed by atoms with Gasteiger partial charge in [-0.15, -0.1) is 0 Å².